The fraction of sp³-hybridized carbons (Fsp3) is 0.917. The number of hydrogen-bond acceptors (Lipinski definition) is 2. The monoisotopic (exact) mass is 369 g/mol. The molecule has 0 aromatic rings. The summed E-state index contributed by atoms with van der Waals surface area (Å²) in [4.78, 5) is 4.51. The molecule has 17 heavy (non-hydrogen) atoms. The van der Waals surface area contributed by atoms with Gasteiger partial charge in [-0.3, -0.25) is 4.99 Å². The highest BCUT2D eigenvalue weighted by molar-refractivity contribution is 14.0. The molecule has 0 radical (unpaired) electrons. The Hall–Kier alpha value is 0.350. The summed E-state index contributed by atoms with van der Waals surface area (Å²) < 4.78 is 0. The molecule has 0 bridgehead atoms. The molecule has 0 aromatic carbocycles. The van der Waals surface area contributed by atoms with Gasteiger partial charge in [-0.05, 0) is 45.3 Å². The third kappa shape index (κ3) is 5.24. The van der Waals surface area contributed by atoms with Crippen molar-refractivity contribution in [3.8, 4) is 0 Å². The lowest BCUT2D eigenvalue weighted by atomic mass is 10.2. The second-order valence-electron chi connectivity index (χ2n) is 4.75. The highest BCUT2D eigenvalue weighted by atomic mass is 127. The number of nitrogens with one attached hydrogen (secondary N) is 2. The zero-order chi connectivity index (χ0) is 11.4. The van der Waals surface area contributed by atoms with E-state index in [0.717, 1.165) is 17.8 Å². The maximum absolute atomic E-state index is 4.51. The fourth-order valence-electron chi connectivity index (χ4n) is 2.19. The van der Waals surface area contributed by atoms with E-state index in [1.807, 2.05) is 11.8 Å². The molecule has 2 aliphatic rings. The zero-order valence-electron chi connectivity index (χ0n) is 10.7. The van der Waals surface area contributed by atoms with Crippen LogP contribution in [-0.2, 0) is 0 Å². The molecule has 3 nitrogen and oxygen atoms in total. The Morgan fingerprint density at radius 2 is 1.82 bits per heavy atom. The minimum atomic E-state index is 0. The highest BCUT2D eigenvalue weighted by Crippen LogP contribution is 2.28. The number of nitrogens with zero attached hydrogens (tertiary/aromatic N) is 1. The first-order valence-electron chi connectivity index (χ1n) is 6.42. The fourth-order valence-corrected chi connectivity index (χ4v) is 2.99. The number of aliphatic imine (C=N–C) groups is 1. The van der Waals surface area contributed by atoms with Crippen LogP contribution in [0.3, 0.4) is 0 Å². The Kier molecular flexibility index (Phi) is 6.99. The van der Waals surface area contributed by atoms with Crippen molar-refractivity contribution >= 4 is 41.7 Å². The molecule has 0 aliphatic heterocycles. The second-order valence-corrected chi connectivity index (χ2v) is 5.89. The number of thioether (sulfide) groups is 1. The molecule has 2 N–H and O–H groups in total. The van der Waals surface area contributed by atoms with Gasteiger partial charge in [-0.15, -0.1) is 24.0 Å². The highest BCUT2D eigenvalue weighted by Gasteiger charge is 2.27. The SMILES string of the molecule is CCN=C(NC1CC1)NC1CCC(SC)C1.I. The molecule has 2 aliphatic carbocycles. The molecule has 100 valence electrons. The molecule has 2 saturated carbocycles. The van der Waals surface area contributed by atoms with Gasteiger partial charge in [0.15, 0.2) is 5.96 Å². The predicted octanol–water partition coefficient (Wildman–Crippen LogP) is 2.61. The third-order valence-electron chi connectivity index (χ3n) is 3.29. The van der Waals surface area contributed by atoms with E-state index in [1.165, 1.54) is 32.1 Å². The minimum Gasteiger partial charge on any atom is -0.354 e. The van der Waals surface area contributed by atoms with Crippen LogP contribution in [0.4, 0.5) is 0 Å². The topological polar surface area (TPSA) is 36.4 Å². The molecule has 2 rings (SSSR count). The van der Waals surface area contributed by atoms with Crippen molar-refractivity contribution < 1.29 is 0 Å². The average Bonchev–Trinajstić information content (AvgIpc) is 2.96. The first kappa shape index (κ1) is 15.4. The maximum Gasteiger partial charge on any atom is 0.191 e. The third-order valence-corrected chi connectivity index (χ3v) is 4.39. The smallest absolute Gasteiger partial charge is 0.191 e. The summed E-state index contributed by atoms with van der Waals surface area (Å²) in [6, 6.07) is 1.32. The first-order valence-corrected chi connectivity index (χ1v) is 7.71. The second kappa shape index (κ2) is 7.71. The molecular weight excluding hydrogens is 345 g/mol. The van der Waals surface area contributed by atoms with Gasteiger partial charge in [0.1, 0.15) is 0 Å². The van der Waals surface area contributed by atoms with Crippen LogP contribution in [-0.4, -0.2) is 36.1 Å². The van der Waals surface area contributed by atoms with Crippen molar-refractivity contribution in [2.45, 2.75) is 56.4 Å². The zero-order valence-corrected chi connectivity index (χ0v) is 13.9. The summed E-state index contributed by atoms with van der Waals surface area (Å²) in [7, 11) is 0. The lowest BCUT2D eigenvalue weighted by molar-refractivity contribution is 0.613. The quantitative estimate of drug-likeness (QED) is 0.454. The van der Waals surface area contributed by atoms with Crippen molar-refractivity contribution in [3.63, 3.8) is 0 Å². The molecule has 0 amide bonds. The van der Waals surface area contributed by atoms with Gasteiger partial charge in [0, 0.05) is 23.9 Å². The van der Waals surface area contributed by atoms with Crippen molar-refractivity contribution in [1.82, 2.24) is 10.6 Å². The lowest BCUT2D eigenvalue weighted by Gasteiger charge is -2.17. The van der Waals surface area contributed by atoms with Gasteiger partial charge >= 0.3 is 0 Å². The average molecular weight is 369 g/mol. The van der Waals surface area contributed by atoms with E-state index in [0.29, 0.717) is 12.1 Å². The maximum atomic E-state index is 4.51. The standard InChI is InChI=1S/C12H23N3S.HI/c1-3-13-12(14-9-4-5-9)15-10-6-7-11(8-10)16-2;/h9-11H,3-8H2,1-2H3,(H2,13,14,15);1H. The molecule has 0 spiro atoms. The van der Waals surface area contributed by atoms with Crippen LogP contribution >= 0.6 is 35.7 Å². The van der Waals surface area contributed by atoms with Gasteiger partial charge in [-0.2, -0.15) is 11.8 Å². The van der Waals surface area contributed by atoms with Gasteiger partial charge in [0.05, 0.1) is 0 Å². The Balaban J connectivity index is 0.00000144. The van der Waals surface area contributed by atoms with E-state index in [-0.39, 0.29) is 24.0 Å². The summed E-state index contributed by atoms with van der Waals surface area (Å²) in [6.45, 7) is 2.95. The van der Waals surface area contributed by atoms with Crippen LogP contribution in [0.25, 0.3) is 0 Å². The predicted molar refractivity (Wildman–Crippen MR) is 87.6 cm³/mol. The van der Waals surface area contributed by atoms with Crippen LogP contribution in [0.15, 0.2) is 4.99 Å². The minimum absolute atomic E-state index is 0. The first-order chi connectivity index (χ1) is 7.81. The Labute approximate surface area is 126 Å². The summed E-state index contributed by atoms with van der Waals surface area (Å²) >= 11 is 2.00. The molecule has 2 unspecified atom stereocenters. The molecule has 2 fully saturated rings. The van der Waals surface area contributed by atoms with Crippen molar-refractivity contribution in [3.05, 3.63) is 0 Å². The van der Waals surface area contributed by atoms with E-state index in [1.54, 1.807) is 0 Å². The van der Waals surface area contributed by atoms with E-state index in [4.69, 9.17) is 0 Å². The van der Waals surface area contributed by atoms with Crippen molar-refractivity contribution in [2.24, 2.45) is 4.99 Å². The Morgan fingerprint density at radius 1 is 1.18 bits per heavy atom. The van der Waals surface area contributed by atoms with Gasteiger partial charge in [-0.25, -0.2) is 0 Å². The number of hydrogen-bond donors (Lipinski definition) is 2. The summed E-state index contributed by atoms with van der Waals surface area (Å²) in [5, 5.41) is 7.91. The Bertz CT molecular complexity index is 256. The van der Waals surface area contributed by atoms with E-state index in [9.17, 15) is 0 Å². The number of rotatable bonds is 4. The van der Waals surface area contributed by atoms with E-state index < -0.39 is 0 Å². The van der Waals surface area contributed by atoms with E-state index >= 15 is 0 Å². The Morgan fingerprint density at radius 3 is 2.35 bits per heavy atom. The molecule has 0 aromatic heterocycles. The molecular formula is C12H24IN3S. The van der Waals surface area contributed by atoms with Crippen molar-refractivity contribution in [1.29, 1.82) is 0 Å². The van der Waals surface area contributed by atoms with Gasteiger partial charge < -0.3 is 10.6 Å². The molecule has 2 atom stereocenters. The van der Waals surface area contributed by atoms with Crippen LogP contribution in [0.1, 0.15) is 39.0 Å². The van der Waals surface area contributed by atoms with Crippen LogP contribution < -0.4 is 10.6 Å². The normalized spacial score (nSPS) is 28.7. The van der Waals surface area contributed by atoms with Gasteiger partial charge in [-0.1, -0.05) is 0 Å². The summed E-state index contributed by atoms with van der Waals surface area (Å²) in [5.41, 5.74) is 0. The molecule has 0 heterocycles. The van der Waals surface area contributed by atoms with Crippen molar-refractivity contribution in [2.75, 3.05) is 12.8 Å². The summed E-state index contributed by atoms with van der Waals surface area (Å²) in [6.07, 6.45) is 8.76. The number of halogens is 1. The largest absolute Gasteiger partial charge is 0.354 e. The van der Waals surface area contributed by atoms with Gasteiger partial charge in [0.2, 0.25) is 0 Å². The summed E-state index contributed by atoms with van der Waals surface area (Å²) in [5.74, 6) is 1.04. The van der Waals surface area contributed by atoms with Crippen LogP contribution in [0, 0.1) is 0 Å². The van der Waals surface area contributed by atoms with Crippen LogP contribution in [0.5, 0.6) is 0 Å². The lowest BCUT2D eigenvalue weighted by Crippen LogP contribution is -2.43. The molecule has 5 heteroatoms. The number of guanidine groups is 1. The van der Waals surface area contributed by atoms with Gasteiger partial charge in [0.25, 0.3) is 0 Å². The van der Waals surface area contributed by atoms with Crippen LogP contribution in [0.2, 0.25) is 0 Å². The van der Waals surface area contributed by atoms with E-state index in [2.05, 4.69) is 28.8 Å². The molecule has 0 saturated heterocycles.